The number of amides is 1. The van der Waals surface area contributed by atoms with Crippen LogP contribution < -0.4 is 16.0 Å². The van der Waals surface area contributed by atoms with Gasteiger partial charge in [0.25, 0.3) is 0 Å². The van der Waals surface area contributed by atoms with E-state index in [0.29, 0.717) is 12.6 Å². The lowest BCUT2D eigenvalue weighted by atomic mass is 10.1. The van der Waals surface area contributed by atoms with Crippen molar-refractivity contribution in [3.05, 3.63) is 29.8 Å². The molecule has 0 aliphatic rings. The van der Waals surface area contributed by atoms with Gasteiger partial charge in [-0.2, -0.15) is 0 Å². The van der Waals surface area contributed by atoms with Gasteiger partial charge in [-0.05, 0) is 31.0 Å². The van der Waals surface area contributed by atoms with E-state index in [1.165, 1.54) is 26.2 Å². The van der Waals surface area contributed by atoms with Gasteiger partial charge in [0.1, 0.15) is 0 Å². The Kier molecular flexibility index (Phi) is 12.3. The maximum absolute atomic E-state index is 11.1. The van der Waals surface area contributed by atoms with Crippen LogP contribution >= 0.6 is 24.0 Å². The summed E-state index contributed by atoms with van der Waals surface area (Å²) in [7, 11) is 1.78. The summed E-state index contributed by atoms with van der Waals surface area (Å²) in [5.41, 5.74) is 1.91. The lowest BCUT2D eigenvalue weighted by molar-refractivity contribution is -0.114. The first-order chi connectivity index (χ1) is 11.0. The molecule has 3 N–H and O–H groups in total. The van der Waals surface area contributed by atoms with E-state index in [9.17, 15) is 4.79 Å². The zero-order valence-corrected chi connectivity index (χ0v) is 17.5. The second kappa shape index (κ2) is 13.0. The lowest BCUT2D eigenvalue weighted by Gasteiger charge is -2.18. The Hall–Kier alpha value is -1.31. The second-order valence-electron chi connectivity index (χ2n) is 5.85. The summed E-state index contributed by atoms with van der Waals surface area (Å²) in [5, 5.41) is 9.52. The second-order valence-corrected chi connectivity index (χ2v) is 5.85. The highest BCUT2D eigenvalue weighted by Crippen LogP contribution is 2.10. The molecule has 0 radical (unpaired) electrons. The topological polar surface area (TPSA) is 65.5 Å². The smallest absolute Gasteiger partial charge is 0.221 e. The molecule has 136 valence electrons. The Morgan fingerprint density at radius 2 is 2.04 bits per heavy atom. The van der Waals surface area contributed by atoms with Crippen molar-refractivity contribution in [2.24, 2.45) is 4.99 Å². The molecule has 0 saturated carbocycles. The van der Waals surface area contributed by atoms with Crippen LogP contribution in [0.2, 0.25) is 0 Å². The van der Waals surface area contributed by atoms with Crippen LogP contribution in [-0.4, -0.2) is 25.0 Å². The van der Waals surface area contributed by atoms with Gasteiger partial charge < -0.3 is 16.0 Å². The fourth-order valence-corrected chi connectivity index (χ4v) is 2.35. The van der Waals surface area contributed by atoms with Crippen molar-refractivity contribution < 1.29 is 4.79 Å². The molecule has 0 spiro atoms. The summed E-state index contributed by atoms with van der Waals surface area (Å²) in [6.45, 7) is 6.57. The summed E-state index contributed by atoms with van der Waals surface area (Å²) in [4.78, 5) is 15.4. The largest absolute Gasteiger partial charge is 0.354 e. The van der Waals surface area contributed by atoms with Crippen LogP contribution in [0.4, 0.5) is 5.69 Å². The number of hydrogen-bond acceptors (Lipinski definition) is 2. The fraction of sp³-hybridized carbons (Fsp3) is 0.556. The van der Waals surface area contributed by atoms with Crippen LogP contribution in [0.15, 0.2) is 29.3 Å². The van der Waals surface area contributed by atoms with E-state index < -0.39 is 0 Å². The molecule has 0 saturated heterocycles. The van der Waals surface area contributed by atoms with Crippen molar-refractivity contribution >= 4 is 41.5 Å². The molecule has 0 aromatic heterocycles. The monoisotopic (exact) mass is 446 g/mol. The minimum Gasteiger partial charge on any atom is -0.354 e. The number of hydrogen-bond donors (Lipinski definition) is 3. The van der Waals surface area contributed by atoms with Crippen molar-refractivity contribution in [2.45, 2.75) is 59.0 Å². The number of guanidine groups is 1. The van der Waals surface area contributed by atoms with E-state index >= 15 is 0 Å². The predicted octanol–water partition coefficient (Wildman–Crippen LogP) is 3.90. The molecule has 1 aromatic carbocycles. The third kappa shape index (κ3) is 9.75. The predicted molar refractivity (Wildman–Crippen MR) is 113 cm³/mol. The summed E-state index contributed by atoms with van der Waals surface area (Å²) in [6, 6.07) is 8.21. The maximum atomic E-state index is 11.1. The van der Waals surface area contributed by atoms with Crippen molar-refractivity contribution in [1.29, 1.82) is 0 Å². The summed E-state index contributed by atoms with van der Waals surface area (Å²) in [5.74, 6) is 0.743. The van der Waals surface area contributed by atoms with E-state index in [1.807, 2.05) is 24.3 Å². The highest BCUT2D eigenvalue weighted by atomic mass is 127. The molecule has 0 fully saturated rings. The number of benzene rings is 1. The van der Waals surface area contributed by atoms with Gasteiger partial charge >= 0.3 is 0 Å². The van der Waals surface area contributed by atoms with Gasteiger partial charge in [-0.25, -0.2) is 0 Å². The SMILES string of the molecule is CCCCCC(C)NC(=NC)NCc1cccc(NC(C)=O)c1.I. The minimum absolute atomic E-state index is 0. The van der Waals surface area contributed by atoms with E-state index in [4.69, 9.17) is 0 Å². The van der Waals surface area contributed by atoms with Crippen molar-refractivity contribution in [2.75, 3.05) is 12.4 Å². The number of halogens is 1. The normalized spacial score (nSPS) is 12.1. The molecule has 6 heteroatoms. The van der Waals surface area contributed by atoms with Gasteiger partial charge in [-0.1, -0.05) is 38.3 Å². The molecule has 24 heavy (non-hydrogen) atoms. The quantitative estimate of drug-likeness (QED) is 0.246. The van der Waals surface area contributed by atoms with Crippen LogP contribution in [0.25, 0.3) is 0 Å². The van der Waals surface area contributed by atoms with Gasteiger partial charge in [0.05, 0.1) is 0 Å². The van der Waals surface area contributed by atoms with Gasteiger partial charge in [-0.3, -0.25) is 9.79 Å². The fourth-order valence-electron chi connectivity index (χ4n) is 2.35. The first-order valence-corrected chi connectivity index (χ1v) is 8.38. The number of aliphatic imine (C=N–C) groups is 1. The van der Waals surface area contributed by atoms with Crippen molar-refractivity contribution in [1.82, 2.24) is 10.6 Å². The Morgan fingerprint density at radius 1 is 1.29 bits per heavy atom. The molecule has 1 amide bonds. The molecule has 0 bridgehead atoms. The molecule has 0 heterocycles. The molecule has 0 aliphatic carbocycles. The summed E-state index contributed by atoms with van der Waals surface area (Å²) < 4.78 is 0. The Balaban J connectivity index is 0.00000529. The average Bonchev–Trinajstić information content (AvgIpc) is 2.51. The molecule has 1 rings (SSSR count). The van der Waals surface area contributed by atoms with Crippen molar-refractivity contribution in [3.63, 3.8) is 0 Å². The standard InChI is InChI=1S/C18H30N4O.HI/c1-5-6-7-9-14(2)21-18(19-4)20-13-16-10-8-11-17(12-16)22-15(3)23;/h8,10-12,14H,5-7,9,13H2,1-4H3,(H,22,23)(H2,19,20,21);1H. The zero-order valence-electron chi connectivity index (χ0n) is 15.2. The molecule has 1 atom stereocenters. The highest BCUT2D eigenvalue weighted by molar-refractivity contribution is 14.0. The summed E-state index contributed by atoms with van der Waals surface area (Å²) >= 11 is 0. The number of rotatable bonds is 8. The van der Waals surface area contributed by atoms with Crippen molar-refractivity contribution in [3.8, 4) is 0 Å². The van der Waals surface area contributed by atoms with E-state index in [0.717, 1.165) is 23.6 Å². The van der Waals surface area contributed by atoms with Gasteiger partial charge in [0, 0.05) is 32.2 Å². The Morgan fingerprint density at radius 3 is 2.67 bits per heavy atom. The van der Waals surface area contributed by atoms with Crippen LogP contribution in [-0.2, 0) is 11.3 Å². The van der Waals surface area contributed by atoms with E-state index in [-0.39, 0.29) is 29.9 Å². The average molecular weight is 446 g/mol. The minimum atomic E-state index is -0.0616. The van der Waals surface area contributed by atoms with Crippen LogP contribution in [0.5, 0.6) is 0 Å². The number of nitrogens with one attached hydrogen (secondary N) is 3. The van der Waals surface area contributed by atoms with Crippen LogP contribution in [0, 0.1) is 0 Å². The first kappa shape index (κ1) is 22.7. The zero-order chi connectivity index (χ0) is 17.1. The van der Waals surface area contributed by atoms with Gasteiger partial charge in [0.2, 0.25) is 5.91 Å². The molecular formula is C18H31IN4O. The molecule has 0 aliphatic heterocycles. The number of carbonyl (C=O) groups is 1. The summed E-state index contributed by atoms with van der Waals surface area (Å²) in [6.07, 6.45) is 4.89. The van der Waals surface area contributed by atoms with Crippen LogP contribution in [0.1, 0.15) is 52.0 Å². The number of carbonyl (C=O) groups excluding carboxylic acids is 1. The van der Waals surface area contributed by atoms with Gasteiger partial charge in [0.15, 0.2) is 5.96 Å². The third-order valence-corrected chi connectivity index (χ3v) is 3.55. The Bertz CT molecular complexity index is 519. The molecule has 1 aromatic rings. The molecule has 5 nitrogen and oxygen atoms in total. The Labute approximate surface area is 163 Å². The highest BCUT2D eigenvalue weighted by Gasteiger charge is 2.05. The van der Waals surface area contributed by atoms with E-state index in [2.05, 4.69) is 34.8 Å². The lowest BCUT2D eigenvalue weighted by Crippen LogP contribution is -2.41. The van der Waals surface area contributed by atoms with Crippen LogP contribution in [0.3, 0.4) is 0 Å². The van der Waals surface area contributed by atoms with Gasteiger partial charge in [-0.15, -0.1) is 24.0 Å². The molecular weight excluding hydrogens is 415 g/mol. The van der Waals surface area contributed by atoms with E-state index in [1.54, 1.807) is 7.05 Å². The maximum Gasteiger partial charge on any atom is 0.221 e. The third-order valence-electron chi connectivity index (χ3n) is 3.55. The number of unbranched alkanes of at least 4 members (excludes halogenated alkanes) is 2. The molecule has 1 unspecified atom stereocenters. The number of nitrogens with zero attached hydrogens (tertiary/aromatic N) is 1. The number of anilines is 1. The first-order valence-electron chi connectivity index (χ1n) is 8.38.